The van der Waals surface area contributed by atoms with E-state index in [1.54, 1.807) is 5.57 Å². The smallest absolute Gasteiger partial charge is 0.0839 e. The summed E-state index contributed by atoms with van der Waals surface area (Å²) in [5.74, 6) is 1.88. The van der Waals surface area contributed by atoms with E-state index in [4.69, 9.17) is 5.11 Å². The Bertz CT molecular complexity index is 790. The monoisotopic (exact) mass is 502 g/mol. The van der Waals surface area contributed by atoms with Gasteiger partial charge < -0.3 is 20.4 Å². The number of hydrogen-bond donors (Lipinski definition) is 4. The molecule has 0 radical (unpaired) electrons. The molecule has 206 valence electrons. The predicted octanol–water partition coefficient (Wildman–Crippen LogP) is 6.48. The van der Waals surface area contributed by atoms with Crippen molar-refractivity contribution in [3.63, 3.8) is 0 Å². The summed E-state index contributed by atoms with van der Waals surface area (Å²) in [5.41, 5.74) is 3.09. The van der Waals surface area contributed by atoms with E-state index >= 15 is 0 Å². The van der Waals surface area contributed by atoms with Gasteiger partial charge in [0.05, 0.1) is 17.8 Å². The van der Waals surface area contributed by atoms with Gasteiger partial charge in [0.2, 0.25) is 0 Å². The standard InChI is InChI=1S/C32H54O4/c1-22(11-9-18-31(3,4)36)27-16-17-28-24(12-10-19-32(27,28)5)14-15-25-21-29(34)26(30(35)23(25)2)13-7-6-8-20-33/h14-15,22,26-30,33-36H,2,6-13,16-21H2,1,3-5H3/b24-14+,25-15-/t22-,26-,27-,28+,29-,30+,32-/m1/s1. The van der Waals surface area contributed by atoms with Gasteiger partial charge in [-0.3, -0.25) is 0 Å². The molecule has 0 bridgehead atoms. The number of aliphatic hydroxyl groups excluding tert-OH is 3. The molecular formula is C32H54O4. The maximum Gasteiger partial charge on any atom is 0.0839 e. The van der Waals surface area contributed by atoms with E-state index < -0.39 is 17.8 Å². The molecule has 3 fully saturated rings. The lowest BCUT2D eigenvalue weighted by Crippen LogP contribution is -2.38. The first-order valence-electron chi connectivity index (χ1n) is 14.8. The molecule has 0 heterocycles. The molecule has 7 atom stereocenters. The van der Waals surface area contributed by atoms with Crippen LogP contribution in [0.1, 0.15) is 111 Å². The third-order valence-electron chi connectivity index (χ3n) is 9.97. The van der Waals surface area contributed by atoms with Gasteiger partial charge in [-0.1, -0.05) is 63.8 Å². The summed E-state index contributed by atoms with van der Waals surface area (Å²) in [5, 5.41) is 40.8. The average molecular weight is 503 g/mol. The van der Waals surface area contributed by atoms with Crippen molar-refractivity contribution in [2.24, 2.45) is 29.1 Å². The molecule has 0 aromatic rings. The summed E-state index contributed by atoms with van der Waals surface area (Å²) < 4.78 is 0. The van der Waals surface area contributed by atoms with Crippen molar-refractivity contribution in [1.29, 1.82) is 0 Å². The molecule has 0 aliphatic heterocycles. The topological polar surface area (TPSA) is 80.9 Å². The van der Waals surface area contributed by atoms with Crippen LogP contribution in [0.2, 0.25) is 0 Å². The summed E-state index contributed by atoms with van der Waals surface area (Å²) in [6.07, 6.45) is 16.6. The first-order chi connectivity index (χ1) is 17.0. The minimum Gasteiger partial charge on any atom is -0.396 e. The van der Waals surface area contributed by atoms with Crippen LogP contribution in [0.15, 0.2) is 35.5 Å². The number of unbranched alkanes of at least 4 members (excludes halogenated alkanes) is 2. The van der Waals surface area contributed by atoms with Gasteiger partial charge in [-0.15, -0.1) is 0 Å². The highest BCUT2D eigenvalue weighted by Crippen LogP contribution is 2.60. The number of fused-ring (bicyclic) bond motifs is 1. The van der Waals surface area contributed by atoms with Crippen molar-refractivity contribution in [3.05, 3.63) is 35.5 Å². The number of aliphatic hydroxyl groups is 4. The maximum absolute atomic E-state index is 10.9. The lowest BCUT2D eigenvalue weighted by Gasteiger charge is -2.44. The molecule has 36 heavy (non-hydrogen) atoms. The van der Waals surface area contributed by atoms with Gasteiger partial charge in [0.25, 0.3) is 0 Å². The van der Waals surface area contributed by atoms with Crippen molar-refractivity contribution < 1.29 is 20.4 Å². The fourth-order valence-electron chi connectivity index (χ4n) is 7.84. The van der Waals surface area contributed by atoms with Crippen molar-refractivity contribution in [2.75, 3.05) is 6.61 Å². The van der Waals surface area contributed by atoms with Crippen LogP contribution in [0, 0.1) is 29.1 Å². The van der Waals surface area contributed by atoms with Crippen LogP contribution in [0.25, 0.3) is 0 Å². The number of rotatable bonds is 11. The third-order valence-corrected chi connectivity index (χ3v) is 9.97. The number of hydrogen-bond acceptors (Lipinski definition) is 4. The SMILES string of the molecule is C=C1/C(=C\C=C2/CCC[C@]3(C)[C@@H]([C@H](C)CCCC(C)(C)O)CC[C@@H]23)C[C@@H](O)[C@@H](CCCCCO)[C@H]1O. The zero-order valence-electron chi connectivity index (χ0n) is 23.5. The van der Waals surface area contributed by atoms with Crippen molar-refractivity contribution in [3.8, 4) is 0 Å². The van der Waals surface area contributed by atoms with Crippen LogP contribution in [0.4, 0.5) is 0 Å². The van der Waals surface area contributed by atoms with Crippen LogP contribution in [-0.4, -0.2) is 44.8 Å². The third kappa shape index (κ3) is 7.12. The highest BCUT2D eigenvalue weighted by molar-refractivity contribution is 5.39. The molecule has 0 spiro atoms. The van der Waals surface area contributed by atoms with E-state index in [1.807, 2.05) is 13.8 Å². The van der Waals surface area contributed by atoms with Crippen LogP contribution in [0.5, 0.6) is 0 Å². The van der Waals surface area contributed by atoms with Gasteiger partial charge in [-0.05, 0) is 106 Å². The zero-order valence-corrected chi connectivity index (χ0v) is 23.5. The summed E-state index contributed by atoms with van der Waals surface area (Å²) in [6.45, 7) is 13.2. The first kappa shape index (κ1) is 29.6. The predicted molar refractivity (Wildman–Crippen MR) is 148 cm³/mol. The van der Waals surface area contributed by atoms with Gasteiger partial charge in [0.1, 0.15) is 0 Å². The highest BCUT2D eigenvalue weighted by Gasteiger charge is 2.50. The van der Waals surface area contributed by atoms with Crippen LogP contribution in [-0.2, 0) is 0 Å². The molecule has 0 aromatic heterocycles. The minimum absolute atomic E-state index is 0.160. The molecule has 3 saturated carbocycles. The molecule has 3 aliphatic carbocycles. The molecule has 0 saturated heterocycles. The highest BCUT2D eigenvalue weighted by atomic mass is 16.3. The first-order valence-corrected chi connectivity index (χ1v) is 14.8. The summed E-state index contributed by atoms with van der Waals surface area (Å²) >= 11 is 0. The lowest BCUT2D eigenvalue weighted by molar-refractivity contribution is 0.0128. The Kier molecular flexibility index (Phi) is 10.5. The molecule has 3 rings (SSSR count). The Labute approximate surface area is 220 Å². The van der Waals surface area contributed by atoms with E-state index in [-0.39, 0.29) is 12.5 Å². The van der Waals surface area contributed by atoms with Crippen LogP contribution in [0.3, 0.4) is 0 Å². The van der Waals surface area contributed by atoms with Crippen LogP contribution < -0.4 is 0 Å². The lowest BCUT2D eigenvalue weighted by atomic mass is 9.60. The molecule has 0 unspecified atom stereocenters. The molecular weight excluding hydrogens is 448 g/mol. The summed E-state index contributed by atoms with van der Waals surface area (Å²) in [4.78, 5) is 0. The Balaban J connectivity index is 1.65. The van der Waals surface area contributed by atoms with Gasteiger partial charge in [0.15, 0.2) is 0 Å². The Morgan fingerprint density at radius 1 is 1.11 bits per heavy atom. The van der Waals surface area contributed by atoms with E-state index in [2.05, 4.69) is 32.6 Å². The second kappa shape index (κ2) is 12.7. The molecule has 3 aliphatic rings. The van der Waals surface area contributed by atoms with Gasteiger partial charge in [0, 0.05) is 12.5 Å². The summed E-state index contributed by atoms with van der Waals surface area (Å²) in [6, 6.07) is 0. The Hall–Kier alpha value is -0.940. The van der Waals surface area contributed by atoms with Gasteiger partial charge >= 0.3 is 0 Å². The van der Waals surface area contributed by atoms with Crippen molar-refractivity contribution in [2.45, 2.75) is 129 Å². The molecule has 4 heteroatoms. The van der Waals surface area contributed by atoms with Gasteiger partial charge in [-0.25, -0.2) is 0 Å². The fraction of sp³-hybridized carbons (Fsp3) is 0.812. The number of allylic oxidation sites excluding steroid dienone is 3. The average Bonchev–Trinajstić information content (AvgIpc) is 3.16. The van der Waals surface area contributed by atoms with Gasteiger partial charge in [-0.2, -0.15) is 0 Å². The van der Waals surface area contributed by atoms with E-state index in [1.165, 1.54) is 32.1 Å². The second-order valence-corrected chi connectivity index (χ2v) is 13.2. The van der Waals surface area contributed by atoms with E-state index in [9.17, 15) is 15.3 Å². The molecule has 0 aromatic carbocycles. The fourth-order valence-corrected chi connectivity index (χ4v) is 7.84. The molecule has 4 N–H and O–H groups in total. The quantitative estimate of drug-likeness (QED) is 0.244. The zero-order chi connectivity index (χ0) is 26.5. The second-order valence-electron chi connectivity index (χ2n) is 13.2. The molecule has 0 amide bonds. The van der Waals surface area contributed by atoms with Crippen LogP contribution >= 0.6 is 0 Å². The van der Waals surface area contributed by atoms with E-state index in [0.717, 1.165) is 62.0 Å². The normalized spacial score (nSPS) is 36.4. The minimum atomic E-state index is -0.690. The largest absolute Gasteiger partial charge is 0.396 e. The maximum atomic E-state index is 10.9. The van der Waals surface area contributed by atoms with Crippen molar-refractivity contribution in [1.82, 2.24) is 0 Å². The molecule has 4 nitrogen and oxygen atoms in total. The van der Waals surface area contributed by atoms with Crippen molar-refractivity contribution >= 4 is 0 Å². The Morgan fingerprint density at radius 3 is 2.56 bits per heavy atom. The van der Waals surface area contributed by atoms with E-state index in [0.29, 0.717) is 23.7 Å². The Morgan fingerprint density at radius 2 is 1.86 bits per heavy atom. The summed E-state index contributed by atoms with van der Waals surface area (Å²) in [7, 11) is 0.